The van der Waals surface area contributed by atoms with Gasteiger partial charge >= 0.3 is 0 Å². The molecule has 2 saturated carbocycles. The molecule has 0 spiro atoms. The van der Waals surface area contributed by atoms with Gasteiger partial charge in [0.2, 0.25) is 0 Å². The minimum atomic E-state index is 0.218. The van der Waals surface area contributed by atoms with E-state index in [0.29, 0.717) is 0 Å². The Labute approximate surface area is 154 Å². The Hall–Kier alpha value is -0.810. The summed E-state index contributed by atoms with van der Waals surface area (Å²) in [4.78, 5) is 7.39. The summed E-state index contributed by atoms with van der Waals surface area (Å²) in [5.74, 6) is 0.935. The van der Waals surface area contributed by atoms with Gasteiger partial charge in [0.05, 0.1) is 0 Å². The molecule has 2 fully saturated rings. The minimum Gasteiger partial charge on any atom is -0.396 e. The number of aliphatic hydroxyl groups excluding tert-OH is 1. The fraction of sp³-hybridized carbons (Fsp3) is 0.950. The molecular weight excluding hydrogens is 312 g/mol. The Bertz CT molecular complexity index is 382. The van der Waals surface area contributed by atoms with Crippen LogP contribution in [0.5, 0.6) is 0 Å². The first-order chi connectivity index (χ1) is 12.2. The van der Waals surface area contributed by atoms with Crippen LogP contribution >= 0.6 is 0 Å². The first-order valence-electron chi connectivity index (χ1n) is 10.5. The summed E-state index contributed by atoms with van der Waals surface area (Å²) in [6, 6.07) is 0.774. The number of aliphatic imine (C=N–C) groups is 1. The number of hydrogen-bond acceptors (Lipinski definition) is 3. The number of guanidine groups is 1. The Morgan fingerprint density at radius 1 is 1.12 bits per heavy atom. The lowest BCUT2D eigenvalue weighted by molar-refractivity contribution is 0.137. The second kappa shape index (κ2) is 11.0. The van der Waals surface area contributed by atoms with E-state index in [0.717, 1.165) is 44.6 Å². The first kappa shape index (κ1) is 20.5. The zero-order valence-corrected chi connectivity index (χ0v) is 16.5. The molecule has 0 unspecified atom stereocenters. The summed E-state index contributed by atoms with van der Waals surface area (Å²) in [7, 11) is 2.25. The van der Waals surface area contributed by atoms with Crippen molar-refractivity contribution < 1.29 is 5.11 Å². The maximum atomic E-state index is 9.47. The third-order valence-corrected chi connectivity index (χ3v) is 6.18. The Kier molecular flexibility index (Phi) is 9.04. The van der Waals surface area contributed by atoms with Crippen LogP contribution in [0.15, 0.2) is 4.99 Å². The number of likely N-dealkylation sites (N-methyl/N-ethyl adjacent to an activating group) is 1. The number of nitrogens with zero attached hydrogens (tertiary/aromatic N) is 2. The van der Waals surface area contributed by atoms with Gasteiger partial charge in [-0.25, -0.2) is 0 Å². The summed E-state index contributed by atoms with van der Waals surface area (Å²) in [6.07, 6.45) is 12.7. The molecule has 3 N–H and O–H groups in total. The number of aliphatic hydroxyl groups is 1. The molecular formula is C20H40N4O. The molecule has 0 aromatic heterocycles. The SMILES string of the molecule is CCNC(=NCC1(CCO)CCCCC1)NCCN(C)C1CCCC1. The van der Waals surface area contributed by atoms with Gasteiger partial charge in [-0.1, -0.05) is 32.1 Å². The Morgan fingerprint density at radius 3 is 2.48 bits per heavy atom. The second-order valence-electron chi connectivity index (χ2n) is 8.08. The third kappa shape index (κ3) is 6.78. The predicted octanol–water partition coefficient (Wildman–Crippen LogP) is 2.75. The van der Waals surface area contributed by atoms with Gasteiger partial charge in [0.1, 0.15) is 0 Å². The van der Waals surface area contributed by atoms with Crippen LogP contribution < -0.4 is 10.6 Å². The lowest BCUT2D eigenvalue weighted by Crippen LogP contribution is -2.43. The molecule has 25 heavy (non-hydrogen) atoms. The van der Waals surface area contributed by atoms with E-state index in [1.807, 2.05) is 0 Å². The average Bonchev–Trinajstić information content (AvgIpc) is 3.15. The first-order valence-corrected chi connectivity index (χ1v) is 10.5. The Balaban J connectivity index is 1.81. The van der Waals surface area contributed by atoms with Crippen molar-refractivity contribution in [2.45, 2.75) is 77.2 Å². The van der Waals surface area contributed by atoms with E-state index < -0.39 is 0 Å². The summed E-state index contributed by atoms with van der Waals surface area (Å²) in [6.45, 7) is 6.12. The van der Waals surface area contributed by atoms with Gasteiger partial charge in [-0.3, -0.25) is 4.99 Å². The van der Waals surface area contributed by atoms with Gasteiger partial charge < -0.3 is 20.6 Å². The van der Waals surface area contributed by atoms with Crippen LogP contribution in [0.4, 0.5) is 0 Å². The highest BCUT2D eigenvalue weighted by Crippen LogP contribution is 2.39. The average molecular weight is 353 g/mol. The quantitative estimate of drug-likeness (QED) is 0.441. The predicted molar refractivity (Wildman–Crippen MR) is 106 cm³/mol. The molecule has 5 heteroatoms. The molecule has 0 heterocycles. The van der Waals surface area contributed by atoms with Crippen molar-refractivity contribution in [1.29, 1.82) is 0 Å². The van der Waals surface area contributed by atoms with E-state index in [-0.39, 0.29) is 12.0 Å². The maximum absolute atomic E-state index is 9.47. The van der Waals surface area contributed by atoms with Crippen molar-refractivity contribution in [3.05, 3.63) is 0 Å². The van der Waals surface area contributed by atoms with E-state index in [4.69, 9.17) is 4.99 Å². The van der Waals surface area contributed by atoms with Crippen LogP contribution in [-0.2, 0) is 0 Å². The summed E-state index contributed by atoms with van der Waals surface area (Å²) in [5.41, 5.74) is 0.218. The standard InChI is InChI=1S/C20H40N4O/c1-3-21-19(22-14-15-24(2)18-9-5-6-10-18)23-17-20(13-16-25)11-7-4-8-12-20/h18,25H,3-17H2,1-2H3,(H2,21,22,23). The minimum absolute atomic E-state index is 0.218. The van der Waals surface area contributed by atoms with Crippen molar-refractivity contribution >= 4 is 5.96 Å². The summed E-state index contributed by atoms with van der Waals surface area (Å²) < 4.78 is 0. The van der Waals surface area contributed by atoms with Gasteiger partial charge in [-0.15, -0.1) is 0 Å². The van der Waals surface area contributed by atoms with Crippen molar-refractivity contribution in [1.82, 2.24) is 15.5 Å². The molecule has 0 saturated heterocycles. The van der Waals surface area contributed by atoms with Crippen molar-refractivity contribution in [2.75, 3.05) is 39.8 Å². The van der Waals surface area contributed by atoms with Crippen LogP contribution in [0.3, 0.4) is 0 Å². The Morgan fingerprint density at radius 2 is 1.84 bits per heavy atom. The molecule has 0 aromatic rings. The molecule has 2 aliphatic carbocycles. The third-order valence-electron chi connectivity index (χ3n) is 6.18. The van der Waals surface area contributed by atoms with E-state index in [1.165, 1.54) is 57.8 Å². The van der Waals surface area contributed by atoms with E-state index in [9.17, 15) is 5.11 Å². The van der Waals surface area contributed by atoms with E-state index in [2.05, 4.69) is 29.5 Å². The second-order valence-corrected chi connectivity index (χ2v) is 8.08. The smallest absolute Gasteiger partial charge is 0.191 e. The largest absolute Gasteiger partial charge is 0.396 e. The topological polar surface area (TPSA) is 59.9 Å². The van der Waals surface area contributed by atoms with Crippen LogP contribution in [-0.4, -0.2) is 61.8 Å². The van der Waals surface area contributed by atoms with Crippen LogP contribution in [0.2, 0.25) is 0 Å². The van der Waals surface area contributed by atoms with E-state index in [1.54, 1.807) is 0 Å². The molecule has 0 radical (unpaired) electrons. The molecule has 2 aliphatic rings. The monoisotopic (exact) mass is 352 g/mol. The van der Waals surface area contributed by atoms with Gasteiger partial charge in [-0.05, 0) is 51.5 Å². The lowest BCUT2D eigenvalue weighted by Gasteiger charge is -2.35. The number of nitrogens with one attached hydrogen (secondary N) is 2. The molecule has 0 aliphatic heterocycles. The zero-order chi connectivity index (χ0) is 18.0. The highest BCUT2D eigenvalue weighted by Gasteiger charge is 2.31. The maximum Gasteiger partial charge on any atom is 0.191 e. The number of hydrogen-bond donors (Lipinski definition) is 3. The zero-order valence-electron chi connectivity index (χ0n) is 16.5. The van der Waals surface area contributed by atoms with E-state index >= 15 is 0 Å². The fourth-order valence-electron chi connectivity index (χ4n) is 4.49. The van der Waals surface area contributed by atoms with Gasteiger partial charge in [0.15, 0.2) is 5.96 Å². The summed E-state index contributed by atoms with van der Waals surface area (Å²) in [5, 5.41) is 16.4. The lowest BCUT2D eigenvalue weighted by atomic mass is 9.72. The molecule has 0 bridgehead atoms. The van der Waals surface area contributed by atoms with Crippen molar-refractivity contribution in [2.24, 2.45) is 10.4 Å². The molecule has 5 nitrogen and oxygen atoms in total. The van der Waals surface area contributed by atoms with Crippen LogP contribution in [0.25, 0.3) is 0 Å². The highest BCUT2D eigenvalue weighted by atomic mass is 16.3. The number of rotatable bonds is 9. The molecule has 0 aromatic carbocycles. The highest BCUT2D eigenvalue weighted by molar-refractivity contribution is 5.79. The van der Waals surface area contributed by atoms with Gasteiger partial charge in [-0.2, -0.15) is 0 Å². The molecule has 0 amide bonds. The van der Waals surface area contributed by atoms with Crippen LogP contribution in [0, 0.1) is 5.41 Å². The van der Waals surface area contributed by atoms with Gasteiger partial charge in [0, 0.05) is 38.8 Å². The normalized spacial score (nSPS) is 21.7. The van der Waals surface area contributed by atoms with Gasteiger partial charge in [0.25, 0.3) is 0 Å². The van der Waals surface area contributed by atoms with Crippen LogP contribution in [0.1, 0.15) is 71.1 Å². The van der Waals surface area contributed by atoms with Crippen molar-refractivity contribution in [3.8, 4) is 0 Å². The van der Waals surface area contributed by atoms with Crippen molar-refractivity contribution in [3.63, 3.8) is 0 Å². The molecule has 0 atom stereocenters. The molecule has 146 valence electrons. The fourth-order valence-corrected chi connectivity index (χ4v) is 4.49. The molecule has 2 rings (SSSR count). The summed E-state index contributed by atoms with van der Waals surface area (Å²) >= 11 is 0.